The number of hydrogen-bond acceptors (Lipinski definition) is 3. The van der Waals surface area contributed by atoms with Crippen LogP contribution in [0.25, 0.3) is 11.4 Å². The van der Waals surface area contributed by atoms with Gasteiger partial charge in [-0.05, 0) is 31.5 Å². The van der Waals surface area contributed by atoms with Crippen molar-refractivity contribution >= 4 is 24.8 Å². The molecule has 0 aromatic carbocycles. The Labute approximate surface area is 119 Å². The fraction of sp³-hybridized carbons (Fsp3) is 0.333. The number of H-pyrrole nitrogens is 1. The van der Waals surface area contributed by atoms with Gasteiger partial charge in [-0.15, -0.1) is 24.8 Å². The predicted molar refractivity (Wildman–Crippen MR) is 78.3 cm³/mol. The Bertz CT molecular complexity index is 431. The van der Waals surface area contributed by atoms with Gasteiger partial charge < -0.3 is 10.7 Å². The molecule has 0 spiro atoms. The number of halogens is 2. The third-order valence-corrected chi connectivity index (χ3v) is 2.44. The highest BCUT2D eigenvalue weighted by atomic mass is 35.5. The Morgan fingerprint density at radius 1 is 1.11 bits per heavy atom. The molecule has 18 heavy (non-hydrogen) atoms. The van der Waals surface area contributed by atoms with Gasteiger partial charge in [-0.2, -0.15) is 0 Å². The molecule has 0 bridgehead atoms. The van der Waals surface area contributed by atoms with Crippen molar-refractivity contribution in [2.45, 2.75) is 19.3 Å². The first kappa shape index (κ1) is 16.9. The van der Waals surface area contributed by atoms with Gasteiger partial charge in [0.05, 0.1) is 17.6 Å². The number of nitrogens with one attached hydrogen (secondary N) is 1. The molecule has 0 unspecified atom stereocenters. The van der Waals surface area contributed by atoms with Gasteiger partial charge in [-0.25, -0.2) is 4.98 Å². The number of aryl methyl sites for hydroxylation is 1. The summed E-state index contributed by atoms with van der Waals surface area (Å²) in [6.07, 6.45) is 6.68. The molecule has 2 aromatic rings. The van der Waals surface area contributed by atoms with E-state index < -0.39 is 0 Å². The van der Waals surface area contributed by atoms with E-state index >= 15 is 0 Å². The van der Waals surface area contributed by atoms with Crippen LogP contribution in [0.1, 0.15) is 18.7 Å². The van der Waals surface area contributed by atoms with Crippen LogP contribution in [-0.4, -0.2) is 21.5 Å². The lowest BCUT2D eigenvalue weighted by molar-refractivity contribution is 0.723. The maximum atomic E-state index is 5.45. The second-order valence-corrected chi connectivity index (χ2v) is 3.70. The van der Waals surface area contributed by atoms with Gasteiger partial charge in [0.1, 0.15) is 5.82 Å². The molecule has 0 aliphatic heterocycles. The lowest BCUT2D eigenvalue weighted by atomic mass is 10.2. The summed E-state index contributed by atoms with van der Waals surface area (Å²) in [5, 5.41) is 0. The van der Waals surface area contributed by atoms with Crippen LogP contribution in [0.15, 0.2) is 30.6 Å². The molecule has 0 atom stereocenters. The second kappa shape index (κ2) is 8.91. The number of nitrogens with two attached hydrogens (primary N) is 1. The summed E-state index contributed by atoms with van der Waals surface area (Å²) in [5.74, 6) is 1.01. The Morgan fingerprint density at radius 3 is 2.61 bits per heavy atom. The highest BCUT2D eigenvalue weighted by Crippen LogP contribution is 2.13. The van der Waals surface area contributed by atoms with Crippen molar-refractivity contribution in [1.29, 1.82) is 0 Å². The zero-order valence-corrected chi connectivity index (χ0v) is 11.6. The van der Waals surface area contributed by atoms with Crippen LogP contribution in [-0.2, 0) is 6.42 Å². The molecule has 0 amide bonds. The Hall–Kier alpha value is -1.10. The van der Waals surface area contributed by atoms with Crippen LogP contribution < -0.4 is 5.73 Å². The summed E-state index contributed by atoms with van der Waals surface area (Å²) in [6, 6.07) is 5.84. The van der Waals surface area contributed by atoms with Crippen molar-refractivity contribution in [3.8, 4) is 11.4 Å². The quantitative estimate of drug-likeness (QED) is 0.831. The minimum Gasteiger partial charge on any atom is -0.341 e. The van der Waals surface area contributed by atoms with E-state index in [-0.39, 0.29) is 24.8 Å². The van der Waals surface area contributed by atoms with Crippen LogP contribution in [0.4, 0.5) is 0 Å². The highest BCUT2D eigenvalue weighted by Gasteiger charge is 2.03. The van der Waals surface area contributed by atoms with E-state index in [1.807, 2.05) is 24.4 Å². The maximum absolute atomic E-state index is 5.45. The van der Waals surface area contributed by atoms with Crippen molar-refractivity contribution in [1.82, 2.24) is 15.0 Å². The Morgan fingerprint density at radius 2 is 1.94 bits per heavy atom. The van der Waals surface area contributed by atoms with Crippen LogP contribution in [0, 0.1) is 0 Å². The molecule has 0 aliphatic rings. The Balaban J connectivity index is 0.00000144. The van der Waals surface area contributed by atoms with Crippen molar-refractivity contribution in [2.24, 2.45) is 5.73 Å². The standard InChI is InChI=1S/C12H16N4.2ClH/c13-7-3-1-6-12-15-9-11(16-12)10-5-2-4-8-14-10;;/h2,4-5,8-9H,1,3,6-7,13H2,(H,15,16);2*1H. The smallest absolute Gasteiger partial charge is 0.106 e. The van der Waals surface area contributed by atoms with E-state index in [0.717, 1.165) is 43.0 Å². The van der Waals surface area contributed by atoms with E-state index in [4.69, 9.17) is 5.73 Å². The van der Waals surface area contributed by atoms with E-state index in [1.165, 1.54) is 0 Å². The van der Waals surface area contributed by atoms with Crippen LogP contribution in [0.2, 0.25) is 0 Å². The van der Waals surface area contributed by atoms with Crippen molar-refractivity contribution < 1.29 is 0 Å². The van der Waals surface area contributed by atoms with Crippen molar-refractivity contribution in [2.75, 3.05) is 6.54 Å². The maximum Gasteiger partial charge on any atom is 0.106 e. The molecule has 2 aromatic heterocycles. The van der Waals surface area contributed by atoms with Gasteiger partial charge in [0, 0.05) is 12.6 Å². The number of nitrogens with zero attached hydrogens (tertiary/aromatic N) is 2. The van der Waals surface area contributed by atoms with Gasteiger partial charge in [0.2, 0.25) is 0 Å². The van der Waals surface area contributed by atoms with Gasteiger partial charge in [0.15, 0.2) is 0 Å². The van der Waals surface area contributed by atoms with Crippen molar-refractivity contribution in [3.05, 3.63) is 36.4 Å². The van der Waals surface area contributed by atoms with Gasteiger partial charge in [0.25, 0.3) is 0 Å². The number of pyridine rings is 1. The lowest BCUT2D eigenvalue weighted by Gasteiger charge is -1.96. The monoisotopic (exact) mass is 288 g/mol. The summed E-state index contributed by atoms with van der Waals surface area (Å²) < 4.78 is 0. The number of unbranched alkanes of at least 4 members (excludes halogenated alkanes) is 1. The topological polar surface area (TPSA) is 67.6 Å². The summed E-state index contributed by atoms with van der Waals surface area (Å²) >= 11 is 0. The SMILES string of the molecule is Cl.Cl.NCCCCc1ncc(-c2ccccn2)[nH]1. The summed E-state index contributed by atoms with van der Waals surface area (Å²) in [4.78, 5) is 11.9. The first-order valence-corrected chi connectivity index (χ1v) is 5.55. The number of aromatic amines is 1. The summed E-state index contributed by atoms with van der Waals surface area (Å²) in [7, 11) is 0. The van der Waals surface area contributed by atoms with E-state index in [2.05, 4.69) is 15.0 Å². The fourth-order valence-electron chi connectivity index (χ4n) is 1.58. The fourth-order valence-corrected chi connectivity index (χ4v) is 1.58. The highest BCUT2D eigenvalue weighted by molar-refractivity contribution is 5.85. The lowest BCUT2D eigenvalue weighted by Crippen LogP contribution is -1.99. The number of aromatic nitrogens is 3. The van der Waals surface area contributed by atoms with Crippen LogP contribution in [0.3, 0.4) is 0 Å². The normalized spacial score (nSPS) is 9.39. The number of rotatable bonds is 5. The molecule has 0 radical (unpaired) electrons. The van der Waals surface area contributed by atoms with Gasteiger partial charge in [-0.1, -0.05) is 6.07 Å². The molecular weight excluding hydrogens is 271 g/mol. The molecule has 2 heterocycles. The van der Waals surface area contributed by atoms with Crippen LogP contribution in [0.5, 0.6) is 0 Å². The Kier molecular flexibility index (Phi) is 8.37. The predicted octanol–water partition coefficient (Wildman–Crippen LogP) is 2.60. The average Bonchev–Trinajstić information content (AvgIpc) is 2.79. The number of hydrogen-bond donors (Lipinski definition) is 2. The molecule has 4 nitrogen and oxygen atoms in total. The first-order chi connectivity index (χ1) is 7.90. The summed E-state index contributed by atoms with van der Waals surface area (Å²) in [6.45, 7) is 0.744. The zero-order valence-electron chi connectivity index (χ0n) is 10.0. The van der Waals surface area contributed by atoms with E-state index in [1.54, 1.807) is 6.20 Å². The number of imidazole rings is 1. The third-order valence-electron chi connectivity index (χ3n) is 2.44. The van der Waals surface area contributed by atoms with Gasteiger partial charge >= 0.3 is 0 Å². The molecule has 0 saturated heterocycles. The molecule has 3 N–H and O–H groups in total. The first-order valence-electron chi connectivity index (χ1n) is 5.55. The average molecular weight is 289 g/mol. The largest absolute Gasteiger partial charge is 0.341 e. The molecular formula is C12H18Cl2N4. The molecule has 2 rings (SSSR count). The molecule has 6 heteroatoms. The minimum absolute atomic E-state index is 0. The summed E-state index contributed by atoms with van der Waals surface area (Å²) in [5.41, 5.74) is 7.35. The zero-order chi connectivity index (χ0) is 11.2. The van der Waals surface area contributed by atoms with Gasteiger partial charge in [-0.3, -0.25) is 4.98 Å². The molecule has 0 saturated carbocycles. The van der Waals surface area contributed by atoms with Crippen molar-refractivity contribution in [3.63, 3.8) is 0 Å². The minimum atomic E-state index is 0. The van der Waals surface area contributed by atoms with Crippen LogP contribution >= 0.6 is 24.8 Å². The molecule has 100 valence electrons. The second-order valence-electron chi connectivity index (χ2n) is 3.70. The molecule has 0 fully saturated rings. The third kappa shape index (κ3) is 4.64. The molecule has 0 aliphatic carbocycles. The van der Waals surface area contributed by atoms with E-state index in [9.17, 15) is 0 Å². The van der Waals surface area contributed by atoms with E-state index in [0.29, 0.717) is 0 Å².